The van der Waals surface area contributed by atoms with E-state index >= 15 is 0 Å². The third kappa shape index (κ3) is 5.68. The molecule has 0 aliphatic rings. The van der Waals surface area contributed by atoms with Gasteiger partial charge >= 0.3 is 0 Å². The van der Waals surface area contributed by atoms with Crippen LogP contribution in [0.15, 0.2) is 24.3 Å². The average molecular weight is 356 g/mol. The summed E-state index contributed by atoms with van der Waals surface area (Å²) in [7, 11) is 0. The molecule has 2 N–H and O–H groups in total. The van der Waals surface area contributed by atoms with Crippen molar-refractivity contribution >= 4 is 17.3 Å². The maximum atomic E-state index is 4.71. The summed E-state index contributed by atoms with van der Waals surface area (Å²) in [5.74, 6) is 2.18. The summed E-state index contributed by atoms with van der Waals surface area (Å²) < 4.78 is 0. The van der Waals surface area contributed by atoms with Gasteiger partial charge in [0.05, 0.1) is 0 Å². The zero-order chi connectivity index (χ0) is 19.8. The normalized spacial score (nSPS) is 12.8. The molecule has 0 aliphatic heterocycles. The van der Waals surface area contributed by atoms with Gasteiger partial charge < -0.3 is 10.6 Å². The molecule has 0 saturated carbocycles. The lowest BCUT2D eigenvalue weighted by atomic mass is 9.93. The van der Waals surface area contributed by atoms with Crippen LogP contribution in [0.25, 0.3) is 0 Å². The highest BCUT2D eigenvalue weighted by molar-refractivity contribution is 5.61. The predicted molar refractivity (Wildman–Crippen MR) is 110 cm³/mol. The fraction of sp³-hybridized carbons (Fsp3) is 0.571. The van der Waals surface area contributed by atoms with Crippen LogP contribution < -0.4 is 10.6 Å². The second kappa shape index (κ2) is 6.86. The van der Waals surface area contributed by atoms with Gasteiger partial charge in [0, 0.05) is 27.7 Å². The van der Waals surface area contributed by atoms with E-state index in [4.69, 9.17) is 4.98 Å². The first kappa shape index (κ1) is 20.1. The minimum atomic E-state index is -0.144. The summed E-state index contributed by atoms with van der Waals surface area (Å²) in [6.45, 7) is 19.1. The smallest absolute Gasteiger partial charge is 0.230 e. The highest BCUT2D eigenvalue weighted by Crippen LogP contribution is 2.26. The number of benzene rings is 1. The van der Waals surface area contributed by atoms with E-state index in [1.165, 1.54) is 0 Å². The Bertz CT molecular complexity index is 729. The maximum absolute atomic E-state index is 4.71. The van der Waals surface area contributed by atoms with Crippen molar-refractivity contribution in [1.82, 2.24) is 15.0 Å². The van der Waals surface area contributed by atoms with Crippen molar-refractivity contribution in [2.45, 2.75) is 78.7 Å². The Kier molecular flexibility index (Phi) is 5.31. The minimum Gasteiger partial charge on any atom is -0.380 e. The second-order valence-electron chi connectivity index (χ2n) is 9.89. The van der Waals surface area contributed by atoms with Gasteiger partial charge in [-0.15, -0.1) is 0 Å². The Morgan fingerprint density at radius 3 is 1.65 bits per heavy atom. The molecular weight excluding hydrogens is 322 g/mol. The van der Waals surface area contributed by atoms with Gasteiger partial charge in [-0.1, -0.05) is 47.6 Å². The molecule has 0 fully saturated rings. The molecule has 0 unspecified atom stereocenters. The van der Waals surface area contributed by atoms with E-state index < -0.39 is 0 Å². The van der Waals surface area contributed by atoms with Gasteiger partial charge in [0.25, 0.3) is 0 Å². The Morgan fingerprint density at radius 1 is 0.692 bits per heavy atom. The van der Waals surface area contributed by atoms with Crippen LogP contribution in [0.1, 0.15) is 74.0 Å². The lowest BCUT2D eigenvalue weighted by Gasteiger charge is -2.23. The molecule has 0 amide bonds. The summed E-state index contributed by atoms with van der Waals surface area (Å²) in [5.41, 5.74) is 1.73. The first-order valence-corrected chi connectivity index (χ1v) is 9.16. The van der Waals surface area contributed by atoms with Crippen molar-refractivity contribution in [2.24, 2.45) is 0 Å². The van der Waals surface area contributed by atoms with Gasteiger partial charge in [-0.3, -0.25) is 0 Å². The molecule has 0 bridgehead atoms. The van der Waals surface area contributed by atoms with Crippen LogP contribution in [-0.4, -0.2) is 20.5 Å². The molecule has 0 radical (unpaired) electrons. The number of rotatable bonds is 3. The van der Waals surface area contributed by atoms with Crippen molar-refractivity contribution < 1.29 is 0 Å². The molecule has 0 spiro atoms. The molecule has 0 atom stereocenters. The van der Waals surface area contributed by atoms with Crippen LogP contribution in [0.5, 0.6) is 0 Å². The minimum absolute atomic E-state index is 0.00456. The zero-order valence-corrected chi connectivity index (χ0v) is 17.7. The summed E-state index contributed by atoms with van der Waals surface area (Å²) >= 11 is 0. The second-order valence-corrected chi connectivity index (χ2v) is 9.89. The Balaban J connectivity index is 2.39. The number of hydrogen-bond acceptors (Lipinski definition) is 5. The van der Waals surface area contributed by atoms with Crippen LogP contribution in [0.2, 0.25) is 0 Å². The van der Waals surface area contributed by atoms with Crippen molar-refractivity contribution in [2.75, 3.05) is 10.6 Å². The number of hydrogen-bond donors (Lipinski definition) is 2. The van der Waals surface area contributed by atoms with E-state index in [0.29, 0.717) is 5.95 Å². The van der Waals surface area contributed by atoms with E-state index in [1.807, 2.05) is 12.1 Å². The van der Waals surface area contributed by atoms with Crippen molar-refractivity contribution in [1.29, 1.82) is 0 Å². The molecule has 2 rings (SSSR count). The number of anilines is 3. The monoisotopic (exact) mass is 355 g/mol. The van der Waals surface area contributed by atoms with E-state index in [2.05, 4.69) is 95.0 Å². The van der Waals surface area contributed by atoms with Crippen molar-refractivity contribution in [3.63, 3.8) is 0 Å². The lowest BCUT2D eigenvalue weighted by molar-refractivity contribution is 0.498. The van der Waals surface area contributed by atoms with Crippen LogP contribution in [0, 0.1) is 0 Å². The first-order chi connectivity index (χ1) is 11.7. The largest absolute Gasteiger partial charge is 0.380 e. The molecule has 5 nitrogen and oxygen atoms in total. The molecule has 142 valence electrons. The Labute approximate surface area is 158 Å². The number of aromatic nitrogens is 3. The molecular formula is C21H33N5. The average Bonchev–Trinajstić information content (AvgIpc) is 2.43. The molecule has 0 aliphatic carbocycles. The predicted octanol–water partition coefficient (Wildman–Crippen LogP) is 5.42. The molecule has 2 aromatic rings. The van der Waals surface area contributed by atoms with E-state index in [0.717, 1.165) is 23.0 Å². The van der Waals surface area contributed by atoms with Crippen LogP contribution in [-0.2, 0) is 10.8 Å². The van der Waals surface area contributed by atoms with Crippen molar-refractivity contribution in [3.05, 3.63) is 35.9 Å². The topological polar surface area (TPSA) is 62.7 Å². The third-order valence-corrected chi connectivity index (χ3v) is 3.62. The summed E-state index contributed by atoms with van der Waals surface area (Å²) in [6.07, 6.45) is 0. The molecule has 26 heavy (non-hydrogen) atoms. The summed E-state index contributed by atoms with van der Waals surface area (Å²) in [4.78, 5) is 14.0. The van der Waals surface area contributed by atoms with Crippen molar-refractivity contribution in [3.8, 4) is 0 Å². The quantitative estimate of drug-likeness (QED) is 0.769. The molecule has 5 heteroatoms. The van der Waals surface area contributed by atoms with Gasteiger partial charge in [0.15, 0.2) is 0 Å². The summed E-state index contributed by atoms with van der Waals surface area (Å²) in [6, 6.07) is 8.17. The highest BCUT2D eigenvalue weighted by Gasteiger charge is 2.25. The Morgan fingerprint density at radius 2 is 1.19 bits per heavy atom. The SMILES string of the molecule is CC(C)(C)Nc1cccc(Nc2nc(C(C)(C)C)nc(C(C)(C)C)n2)c1. The third-order valence-electron chi connectivity index (χ3n) is 3.62. The number of nitrogens with one attached hydrogen (secondary N) is 2. The van der Waals surface area contributed by atoms with Gasteiger partial charge in [0.1, 0.15) is 11.6 Å². The molecule has 0 saturated heterocycles. The van der Waals surface area contributed by atoms with Crippen LogP contribution in [0.3, 0.4) is 0 Å². The molecule has 1 aromatic carbocycles. The fourth-order valence-corrected chi connectivity index (χ4v) is 2.34. The summed E-state index contributed by atoms with van der Waals surface area (Å²) in [5, 5.41) is 6.84. The van der Waals surface area contributed by atoms with Crippen LogP contribution >= 0.6 is 0 Å². The number of nitrogens with zero attached hydrogens (tertiary/aromatic N) is 3. The van der Waals surface area contributed by atoms with Crippen LogP contribution in [0.4, 0.5) is 17.3 Å². The zero-order valence-electron chi connectivity index (χ0n) is 17.7. The van der Waals surface area contributed by atoms with E-state index in [1.54, 1.807) is 0 Å². The highest BCUT2D eigenvalue weighted by atomic mass is 15.2. The Hall–Kier alpha value is -2.17. The van der Waals surface area contributed by atoms with Gasteiger partial charge in [-0.05, 0) is 39.0 Å². The maximum Gasteiger partial charge on any atom is 0.230 e. The van der Waals surface area contributed by atoms with Gasteiger partial charge in [0.2, 0.25) is 5.95 Å². The first-order valence-electron chi connectivity index (χ1n) is 9.16. The standard InChI is InChI=1S/C21H33N5/c1-19(2,3)16-23-17(20(4,5)6)25-18(24-16)22-14-11-10-12-15(13-14)26-21(7,8)9/h10-13,26H,1-9H3,(H,22,23,24,25). The van der Waals surface area contributed by atoms with E-state index in [9.17, 15) is 0 Å². The van der Waals surface area contributed by atoms with E-state index in [-0.39, 0.29) is 16.4 Å². The fourth-order valence-electron chi connectivity index (χ4n) is 2.34. The molecule has 1 aromatic heterocycles. The molecule has 1 heterocycles. The van der Waals surface area contributed by atoms with Gasteiger partial charge in [-0.25, -0.2) is 4.98 Å². The van der Waals surface area contributed by atoms with Gasteiger partial charge in [-0.2, -0.15) is 9.97 Å². The lowest BCUT2D eigenvalue weighted by Crippen LogP contribution is -2.26.